The van der Waals surface area contributed by atoms with E-state index in [2.05, 4.69) is 37.9 Å². The third kappa shape index (κ3) is 6.11. The minimum absolute atomic E-state index is 0.317. The van der Waals surface area contributed by atoms with E-state index in [1.165, 1.54) is 38.6 Å². The molecule has 1 rings (SSSR count). The SMILES string of the molecule is CCCNC(CCN(CCCO)C1CCC1)C(C)(C)C. The lowest BCUT2D eigenvalue weighted by Crippen LogP contribution is -2.46. The molecule has 3 nitrogen and oxygen atoms in total. The molecule has 0 aliphatic heterocycles. The monoisotopic (exact) mass is 284 g/mol. The summed E-state index contributed by atoms with van der Waals surface area (Å²) in [5.74, 6) is 0. The average molecular weight is 284 g/mol. The normalized spacial score (nSPS) is 18.3. The first kappa shape index (κ1) is 17.9. The molecule has 1 unspecified atom stereocenters. The van der Waals surface area contributed by atoms with Crippen molar-refractivity contribution in [2.75, 3.05) is 26.2 Å². The Morgan fingerprint density at radius 3 is 2.40 bits per heavy atom. The summed E-state index contributed by atoms with van der Waals surface area (Å²) in [4.78, 5) is 2.62. The van der Waals surface area contributed by atoms with Crippen molar-refractivity contribution in [2.24, 2.45) is 5.41 Å². The summed E-state index contributed by atoms with van der Waals surface area (Å²) in [6.07, 6.45) is 7.42. The Bertz CT molecular complexity index is 246. The Kier molecular flexibility index (Phi) is 8.08. The van der Waals surface area contributed by atoms with E-state index >= 15 is 0 Å². The van der Waals surface area contributed by atoms with Gasteiger partial charge in [0.15, 0.2) is 0 Å². The Morgan fingerprint density at radius 2 is 1.95 bits per heavy atom. The van der Waals surface area contributed by atoms with E-state index < -0.39 is 0 Å². The minimum Gasteiger partial charge on any atom is -0.396 e. The second kappa shape index (κ2) is 9.01. The first-order valence-electron chi connectivity index (χ1n) is 8.57. The molecule has 120 valence electrons. The zero-order valence-electron chi connectivity index (χ0n) is 14.1. The molecule has 0 aromatic carbocycles. The predicted molar refractivity (Wildman–Crippen MR) is 87.1 cm³/mol. The number of aliphatic hydroxyl groups is 1. The summed E-state index contributed by atoms with van der Waals surface area (Å²) in [5, 5.41) is 12.8. The van der Waals surface area contributed by atoms with Crippen molar-refractivity contribution in [1.29, 1.82) is 0 Å². The summed E-state index contributed by atoms with van der Waals surface area (Å²) in [6, 6.07) is 1.37. The van der Waals surface area contributed by atoms with Crippen LogP contribution in [0.5, 0.6) is 0 Å². The van der Waals surface area contributed by atoms with Crippen LogP contribution in [-0.4, -0.2) is 48.3 Å². The van der Waals surface area contributed by atoms with Gasteiger partial charge in [-0.1, -0.05) is 34.1 Å². The predicted octanol–water partition coefficient (Wildman–Crippen LogP) is 3.03. The van der Waals surface area contributed by atoms with Gasteiger partial charge in [0, 0.05) is 25.2 Å². The molecular weight excluding hydrogens is 248 g/mol. The number of nitrogens with zero attached hydrogens (tertiary/aromatic N) is 1. The lowest BCUT2D eigenvalue weighted by Gasteiger charge is -2.40. The van der Waals surface area contributed by atoms with Gasteiger partial charge in [-0.15, -0.1) is 0 Å². The maximum absolute atomic E-state index is 9.07. The van der Waals surface area contributed by atoms with Crippen LogP contribution in [0.25, 0.3) is 0 Å². The van der Waals surface area contributed by atoms with Crippen LogP contribution < -0.4 is 5.32 Å². The van der Waals surface area contributed by atoms with Crippen LogP contribution in [0.15, 0.2) is 0 Å². The van der Waals surface area contributed by atoms with Gasteiger partial charge in [0.25, 0.3) is 0 Å². The Morgan fingerprint density at radius 1 is 1.25 bits per heavy atom. The number of aliphatic hydroxyl groups excluding tert-OH is 1. The topological polar surface area (TPSA) is 35.5 Å². The fourth-order valence-electron chi connectivity index (χ4n) is 2.96. The van der Waals surface area contributed by atoms with Gasteiger partial charge in [-0.2, -0.15) is 0 Å². The Balaban J connectivity index is 2.44. The van der Waals surface area contributed by atoms with Crippen LogP contribution in [-0.2, 0) is 0 Å². The zero-order chi connectivity index (χ0) is 15.0. The van der Waals surface area contributed by atoms with Crippen molar-refractivity contribution in [3.05, 3.63) is 0 Å². The maximum atomic E-state index is 9.07. The van der Waals surface area contributed by atoms with Crippen LogP contribution in [0.1, 0.15) is 66.2 Å². The van der Waals surface area contributed by atoms with E-state index in [1.54, 1.807) is 0 Å². The summed E-state index contributed by atoms with van der Waals surface area (Å²) in [5.41, 5.74) is 0.317. The number of hydrogen-bond donors (Lipinski definition) is 2. The Labute approximate surface area is 126 Å². The largest absolute Gasteiger partial charge is 0.396 e. The molecule has 0 amide bonds. The summed E-state index contributed by atoms with van der Waals surface area (Å²) >= 11 is 0. The van der Waals surface area contributed by atoms with E-state index in [-0.39, 0.29) is 0 Å². The molecule has 0 spiro atoms. The van der Waals surface area contributed by atoms with E-state index in [4.69, 9.17) is 5.11 Å². The van der Waals surface area contributed by atoms with Crippen molar-refractivity contribution in [1.82, 2.24) is 10.2 Å². The smallest absolute Gasteiger partial charge is 0.0443 e. The van der Waals surface area contributed by atoms with Crippen LogP contribution in [0.2, 0.25) is 0 Å². The fraction of sp³-hybridized carbons (Fsp3) is 1.00. The first-order chi connectivity index (χ1) is 9.49. The average Bonchev–Trinajstić information content (AvgIpc) is 2.31. The summed E-state index contributed by atoms with van der Waals surface area (Å²) in [6.45, 7) is 12.9. The molecule has 3 heteroatoms. The number of nitrogens with one attached hydrogen (secondary N) is 1. The fourth-order valence-corrected chi connectivity index (χ4v) is 2.96. The highest BCUT2D eigenvalue weighted by atomic mass is 16.3. The summed E-state index contributed by atoms with van der Waals surface area (Å²) < 4.78 is 0. The summed E-state index contributed by atoms with van der Waals surface area (Å²) in [7, 11) is 0. The third-order valence-corrected chi connectivity index (χ3v) is 4.59. The van der Waals surface area contributed by atoms with Crippen molar-refractivity contribution in [3.63, 3.8) is 0 Å². The number of rotatable bonds is 10. The van der Waals surface area contributed by atoms with E-state index in [9.17, 15) is 0 Å². The van der Waals surface area contributed by atoms with Crippen molar-refractivity contribution < 1.29 is 5.11 Å². The van der Waals surface area contributed by atoms with Crippen molar-refractivity contribution in [2.45, 2.75) is 78.3 Å². The second-order valence-corrected chi connectivity index (χ2v) is 7.36. The van der Waals surface area contributed by atoms with Crippen LogP contribution >= 0.6 is 0 Å². The lowest BCUT2D eigenvalue weighted by molar-refractivity contribution is 0.103. The molecule has 2 N–H and O–H groups in total. The molecule has 0 heterocycles. The van der Waals surface area contributed by atoms with Crippen LogP contribution in [0.4, 0.5) is 0 Å². The molecular formula is C17H36N2O. The highest BCUT2D eigenvalue weighted by Gasteiger charge is 2.28. The van der Waals surface area contributed by atoms with Crippen LogP contribution in [0.3, 0.4) is 0 Å². The Hall–Kier alpha value is -0.120. The van der Waals surface area contributed by atoms with Crippen molar-refractivity contribution >= 4 is 0 Å². The van der Waals surface area contributed by atoms with Gasteiger partial charge in [0.1, 0.15) is 0 Å². The molecule has 20 heavy (non-hydrogen) atoms. The molecule has 1 aliphatic carbocycles. The molecule has 0 radical (unpaired) electrons. The third-order valence-electron chi connectivity index (χ3n) is 4.59. The van der Waals surface area contributed by atoms with Gasteiger partial charge in [-0.25, -0.2) is 0 Å². The zero-order valence-corrected chi connectivity index (χ0v) is 14.1. The van der Waals surface area contributed by atoms with E-state index in [0.717, 1.165) is 25.6 Å². The molecule has 0 bridgehead atoms. The van der Waals surface area contributed by atoms with Gasteiger partial charge in [-0.05, 0) is 50.6 Å². The molecule has 1 fully saturated rings. The molecule has 0 aromatic heterocycles. The lowest BCUT2D eigenvalue weighted by atomic mass is 9.84. The van der Waals surface area contributed by atoms with Crippen molar-refractivity contribution in [3.8, 4) is 0 Å². The minimum atomic E-state index is 0.317. The number of hydrogen-bond acceptors (Lipinski definition) is 3. The molecule has 1 saturated carbocycles. The van der Waals surface area contributed by atoms with Gasteiger partial charge >= 0.3 is 0 Å². The molecule has 1 aliphatic rings. The molecule has 0 aromatic rings. The molecule has 0 saturated heterocycles. The van der Waals surface area contributed by atoms with Gasteiger partial charge in [-0.3, -0.25) is 0 Å². The standard InChI is InChI=1S/C17H36N2O/c1-5-11-18-16(17(2,3)4)10-13-19(12-7-14-20)15-8-6-9-15/h15-16,18,20H,5-14H2,1-4H3. The van der Waals surface area contributed by atoms with Gasteiger partial charge in [0.2, 0.25) is 0 Å². The highest BCUT2D eigenvalue weighted by Crippen LogP contribution is 2.27. The first-order valence-corrected chi connectivity index (χ1v) is 8.57. The van der Waals surface area contributed by atoms with E-state index in [1.807, 2.05) is 0 Å². The van der Waals surface area contributed by atoms with Gasteiger partial charge < -0.3 is 15.3 Å². The second-order valence-electron chi connectivity index (χ2n) is 7.36. The van der Waals surface area contributed by atoms with E-state index in [0.29, 0.717) is 18.1 Å². The molecule has 1 atom stereocenters. The van der Waals surface area contributed by atoms with Gasteiger partial charge in [0.05, 0.1) is 0 Å². The quantitative estimate of drug-likeness (QED) is 0.647. The van der Waals surface area contributed by atoms with Crippen LogP contribution in [0, 0.1) is 5.41 Å². The maximum Gasteiger partial charge on any atom is 0.0443 e. The highest BCUT2D eigenvalue weighted by molar-refractivity contribution is 4.85.